The van der Waals surface area contributed by atoms with Gasteiger partial charge in [0.05, 0.1) is 11.8 Å². The molecule has 0 aliphatic carbocycles. The highest BCUT2D eigenvalue weighted by atomic mass is 32.2. The Labute approximate surface area is 124 Å². The number of hydrogen-bond acceptors (Lipinski definition) is 4. The summed E-state index contributed by atoms with van der Waals surface area (Å²) in [6.45, 7) is 0. The van der Waals surface area contributed by atoms with Gasteiger partial charge in [0.25, 0.3) is 0 Å². The monoisotopic (exact) mass is 301 g/mol. The van der Waals surface area contributed by atoms with Gasteiger partial charge in [0, 0.05) is 11.1 Å². The molecule has 5 heteroatoms. The second-order valence-electron chi connectivity index (χ2n) is 4.85. The van der Waals surface area contributed by atoms with Gasteiger partial charge < -0.3 is 10.1 Å². The van der Waals surface area contributed by atoms with Crippen molar-refractivity contribution in [3.8, 4) is 11.5 Å². The molecule has 0 spiro atoms. The smallest absolute Gasteiger partial charge is 0.173 e. The zero-order valence-electron chi connectivity index (χ0n) is 11.3. The van der Waals surface area contributed by atoms with Crippen molar-refractivity contribution < 1.29 is 13.2 Å². The van der Waals surface area contributed by atoms with Crippen LogP contribution in [0.4, 0.5) is 5.69 Å². The Morgan fingerprint density at radius 1 is 0.952 bits per heavy atom. The standard InChI is InChI=1S/C16H15NO3S/c18-21(19)11-10-14(12-21)17-13-6-8-16(9-7-13)20-15-4-2-1-3-5-15/h1-11,14,17H,12H2. The predicted octanol–water partition coefficient (Wildman–Crippen LogP) is 3.20. The van der Waals surface area contributed by atoms with Crippen molar-refractivity contribution in [2.45, 2.75) is 6.04 Å². The molecular weight excluding hydrogens is 286 g/mol. The fraction of sp³-hybridized carbons (Fsp3) is 0.125. The summed E-state index contributed by atoms with van der Waals surface area (Å²) in [4.78, 5) is 0. The molecule has 21 heavy (non-hydrogen) atoms. The molecule has 0 radical (unpaired) electrons. The Morgan fingerprint density at radius 2 is 1.62 bits per heavy atom. The Hall–Kier alpha value is -2.27. The largest absolute Gasteiger partial charge is 0.457 e. The quantitative estimate of drug-likeness (QED) is 0.942. The number of rotatable bonds is 4. The Bertz CT molecular complexity index is 737. The molecular formula is C16H15NO3S. The van der Waals surface area contributed by atoms with Crippen molar-refractivity contribution in [1.29, 1.82) is 0 Å². The van der Waals surface area contributed by atoms with Gasteiger partial charge in [0.15, 0.2) is 9.84 Å². The lowest BCUT2D eigenvalue weighted by molar-refractivity contribution is 0.483. The summed E-state index contributed by atoms with van der Waals surface area (Å²) >= 11 is 0. The summed E-state index contributed by atoms with van der Waals surface area (Å²) in [5.74, 6) is 1.62. The van der Waals surface area contributed by atoms with E-state index in [1.807, 2.05) is 54.6 Å². The molecule has 1 aliphatic rings. The van der Waals surface area contributed by atoms with E-state index >= 15 is 0 Å². The Morgan fingerprint density at radius 3 is 2.24 bits per heavy atom. The summed E-state index contributed by atoms with van der Waals surface area (Å²) in [5, 5.41) is 4.43. The first-order valence-corrected chi connectivity index (χ1v) is 8.33. The van der Waals surface area contributed by atoms with Crippen molar-refractivity contribution in [3.05, 3.63) is 66.1 Å². The van der Waals surface area contributed by atoms with Gasteiger partial charge in [-0.2, -0.15) is 0 Å². The summed E-state index contributed by atoms with van der Waals surface area (Å²) in [6.07, 6.45) is 1.67. The van der Waals surface area contributed by atoms with Crippen molar-refractivity contribution in [1.82, 2.24) is 0 Å². The van der Waals surface area contributed by atoms with E-state index in [2.05, 4.69) is 5.32 Å². The zero-order chi connectivity index (χ0) is 14.7. The van der Waals surface area contributed by atoms with Crippen molar-refractivity contribution in [2.24, 2.45) is 0 Å². The number of benzene rings is 2. The lowest BCUT2D eigenvalue weighted by Crippen LogP contribution is -2.20. The molecule has 1 aliphatic heterocycles. The normalized spacial score (nSPS) is 19.3. The van der Waals surface area contributed by atoms with Gasteiger partial charge in [-0.05, 0) is 36.4 Å². The number of hydrogen-bond donors (Lipinski definition) is 1. The molecule has 0 amide bonds. The van der Waals surface area contributed by atoms with E-state index in [9.17, 15) is 8.42 Å². The highest BCUT2D eigenvalue weighted by Crippen LogP contribution is 2.23. The van der Waals surface area contributed by atoms with Gasteiger partial charge in [-0.15, -0.1) is 0 Å². The third-order valence-corrected chi connectivity index (χ3v) is 4.51. The molecule has 0 saturated carbocycles. The summed E-state index contributed by atoms with van der Waals surface area (Å²) in [6, 6.07) is 16.8. The van der Waals surface area contributed by atoms with Crippen molar-refractivity contribution in [2.75, 3.05) is 11.1 Å². The lowest BCUT2D eigenvalue weighted by Gasteiger charge is -2.12. The maximum atomic E-state index is 11.3. The predicted molar refractivity (Wildman–Crippen MR) is 83.3 cm³/mol. The van der Waals surface area contributed by atoms with Gasteiger partial charge in [0.1, 0.15) is 11.5 Å². The number of ether oxygens (including phenoxy) is 1. The molecule has 108 valence electrons. The molecule has 0 bridgehead atoms. The SMILES string of the molecule is O=S1(=O)C=CC(Nc2ccc(Oc3ccccc3)cc2)C1. The Kier molecular flexibility index (Phi) is 3.66. The molecule has 1 heterocycles. The highest BCUT2D eigenvalue weighted by molar-refractivity contribution is 7.94. The molecule has 1 N–H and O–H groups in total. The van der Waals surface area contributed by atoms with Gasteiger partial charge in [-0.3, -0.25) is 0 Å². The third-order valence-electron chi connectivity index (χ3n) is 3.12. The van der Waals surface area contributed by atoms with Crippen LogP contribution in [0.25, 0.3) is 0 Å². The van der Waals surface area contributed by atoms with Crippen LogP contribution in [0, 0.1) is 0 Å². The van der Waals surface area contributed by atoms with Crippen molar-refractivity contribution in [3.63, 3.8) is 0 Å². The minimum atomic E-state index is -3.03. The molecule has 2 aromatic carbocycles. The van der Waals surface area contributed by atoms with Crippen LogP contribution in [-0.2, 0) is 9.84 Å². The number of anilines is 1. The van der Waals surface area contributed by atoms with Gasteiger partial charge in [-0.25, -0.2) is 8.42 Å². The summed E-state index contributed by atoms with van der Waals surface area (Å²) in [5.41, 5.74) is 0.863. The average molecular weight is 301 g/mol. The highest BCUT2D eigenvalue weighted by Gasteiger charge is 2.21. The maximum absolute atomic E-state index is 11.3. The first-order valence-electron chi connectivity index (χ1n) is 6.61. The Balaban J connectivity index is 1.64. The van der Waals surface area contributed by atoms with Gasteiger partial charge in [0.2, 0.25) is 0 Å². The van der Waals surface area contributed by atoms with Crippen LogP contribution < -0.4 is 10.1 Å². The van der Waals surface area contributed by atoms with E-state index in [-0.39, 0.29) is 11.8 Å². The van der Waals surface area contributed by atoms with Crippen LogP contribution in [0.15, 0.2) is 66.1 Å². The topological polar surface area (TPSA) is 55.4 Å². The van der Waals surface area contributed by atoms with Crippen LogP contribution in [-0.4, -0.2) is 20.2 Å². The van der Waals surface area contributed by atoms with Crippen LogP contribution in [0.2, 0.25) is 0 Å². The van der Waals surface area contributed by atoms with E-state index in [0.717, 1.165) is 17.2 Å². The number of para-hydroxylation sites is 1. The van der Waals surface area contributed by atoms with E-state index in [1.165, 1.54) is 5.41 Å². The third kappa shape index (κ3) is 3.64. The molecule has 3 rings (SSSR count). The van der Waals surface area contributed by atoms with E-state index < -0.39 is 9.84 Å². The fourth-order valence-electron chi connectivity index (χ4n) is 2.12. The van der Waals surface area contributed by atoms with Gasteiger partial charge in [-0.1, -0.05) is 24.3 Å². The van der Waals surface area contributed by atoms with E-state index in [4.69, 9.17) is 4.74 Å². The minimum absolute atomic E-state index is 0.106. The zero-order valence-corrected chi connectivity index (χ0v) is 12.1. The average Bonchev–Trinajstić information content (AvgIpc) is 2.81. The summed E-state index contributed by atoms with van der Waals surface area (Å²) < 4.78 is 28.4. The fourth-order valence-corrected chi connectivity index (χ4v) is 3.36. The molecule has 1 unspecified atom stereocenters. The lowest BCUT2D eigenvalue weighted by atomic mass is 10.2. The van der Waals surface area contributed by atoms with Gasteiger partial charge >= 0.3 is 0 Å². The van der Waals surface area contributed by atoms with E-state index in [0.29, 0.717) is 0 Å². The molecule has 2 aromatic rings. The van der Waals surface area contributed by atoms with Crippen LogP contribution in [0.5, 0.6) is 11.5 Å². The number of nitrogens with one attached hydrogen (secondary N) is 1. The maximum Gasteiger partial charge on any atom is 0.173 e. The summed E-state index contributed by atoms with van der Waals surface area (Å²) in [7, 11) is -3.03. The number of sulfone groups is 1. The molecule has 1 atom stereocenters. The molecule has 0 saturated heterocycles. The first-order chi connectivity index (χ1) is 10.1. The molecule has 0 aromatic heterocycles. The van der Waals surface area contributed by atoms with Crippen LogP contribution in [0.1, 0.15) is 0 Å². The van der Waals surface area contributed by atoms with Crippen LogP contribution >= 0.6 is 0 Å². The van der Waals surface area contributed by atoms with Crippen LogP contribution in [0.3, 0.4) is 0 Å². The molecule has 0 fully saturated rings. The minimum Gasteiger partial charge on any atom is -0.457 e. The molecule has 4 nitrogen and oxygen atoms in total. The first kappa shape index (κ1) is 13.7. The second-order valence-corrected chi connectivity index (χ2v) is 6.78. The van der Waals surface area contributed by atoms with Crippen molar-refractivity contribution >= 4 is 15.5 Å². The second kappa shape index (κ2) is 5.61. The van der Waals surface area contributed by atoms with E-state index in [1.54, 1.807) is 6.08 Å².